The van der Waals surface area contributed by atoms with Crippen LogP contribution in [0, 0.1) is 0 Å². The molecule has 1 saturated carbocycles. The summed E-state index contributed by atoms with van der Waals surface area (Å²) in [6, 6.07) is 0. The van der Waals surface area contributed by atoms with Crippen molar-refractivity contribution in [3.8, 4) is 0 Å². The van der Waals surface area contributed by atoms with E-state index >= 15 is 0 Å². The van der Waals surface area contributed by atoms with E-state index < -0.39 is 10.0 Å². The van der Waals surface area contributed by atoms with E-state index in [0.717, 1.165) is 38.9 Å². The van der Waals surface area contributed by atoms with Gasteiger partial charge >= 0.3 is 0 Å². The summed E-state index contributed by atoms with van der Waals surface area (Å²) in [7, 11) is -2.92. The lowest BCUT2D eigenvalue weighted by Crippen LogP contribution is -2.49. The van der Waals surface area contributed by atoms with E-state index in [2.05, 4.69) is 11.8 Å². The van der Waals surface area contributed by atoms with Gasteiger partial charge in [-0.2, -0.15) is 4.31 Å². The predicted octanol–water partition coefficient (Wildman–Crippen LogP) is 0.506. The molecule has 1 aliphatic carbocycles. The van der Waals surface area contributed by atoms with Crippen molar-refractivity contribution < 1.29 is 8.42 Å². The minimum Gasteiger partial charge on any atom is -0.301 e. The smallest absolute Gasteiger partial charge is 0.217 e. The normalized spacial score (nSPS) is 25.7. The van der Waals surface area contributed by atoms with Crippen molar-refractivity contribution in [3.63, 3.8) is 0 Å². The molecule has 1 saturated heterocycles. The van der Waals surface area contributed by atoms with Crippen LogP contribution in [0.3, 0.4) is 0 Å². The van der Waals surface area contributed by atoms with Crippen LogP contribution in [0.25, 0.3) is 0 Å². The summed E-state index contributed by atoms with van der Waals surface area (Å²) in [6.45, 7) is 6.45. The second kappa shape index (κ2) is 4.39. The van der Waals surface area contributed by atoms with Crippen molar-refractivity contribution in [2.24, 2.45) is 0 Å². The van der Waals surface area contributed by atoms with Crippen LogP contribution in [-0.4, -0.2) is 55.6 Å². The third-order valence-electron chi connectivity index (χ3n) is 3.18. The highest BCUT2D eigenvalue weighted by molar-refractivity contribution is 7.90. The Balaban J connectivity index is 1.87. The number of sulfonamides is 1. The molecule has 0 spiro atoms. The van der Waals surface area contributed by atoms with Crippen LogP contribution in [0.5, 0.6) is 0 Å². The first kappa shape index (κ1) is 11.4. The Hall–Kier alpha value is -0.130. The zero-order valence-corrected chi connectivity index (χ0v) is 10.2. The Kier molecular flexibility index (Phi) is 3.33. The zero-order valence-electron chi connectivity index (χ0n) is 9.35. The quantitative estimate of drug-likeness (QED) is 0.709. The van der Waals surface area contributed by atoms with Gasteiger partial charge in [0.2, 0.25) is 10.0 Å². The second-order valence-electron chi connectivity index (χ2n) is 4.48. The van der Waals surface area contributed by atoms with Gasteiger partial charge in [0.05, 0.1) is 5.25 Å². The minimum absolute atomic E-state index is 0.0461. The maximum atomic E-state index is 11.9. The number of piperazine rings is 1. The molecule has 0 aromatic rings. The van der Waals surface area contributed by atoms with Gasteiger partial charge in [0.15, 0.2) is 0 Å². The molecule has 5 heteroatoms. The van der Waals surface area contributed by atoms with Crippen molar-refractivity contribution in [2.75, 3.05) is 32.7 Å². The lowest BCUT2D eigenvalue weighted by Gasteiger charge is -2.33. The molecule has 0 unspecified atom stereocenters. The number of nitrogens with zero attached hydrogens (tertiary/aromatic N) is 2. The van der Waals surface area contributed by atoms with Gasteiger partial charge < -0.3 is 4.90 Å². The first-order chi connectivity index (χ1) is 7.14. The third-order valence-corrected chi connectivity index (χ3v) is 5.58. The average molecular weight is 232 g/mol. The Labute approximate surface area is 92.3 Å². The predicted molar refractivity (Wildman–Crippen MR) is 60.2 cm³/mol. The lowest BCUT2D eigenvalue weighted by atomic mass is 10.3. The summed E-state index contributed by atoms with van der Waals surface area (Å²) < 4.78 is 25.5. The van der Waals surface area contributed by atoms with E-state index in [4.69, 9.17) is 0 Å². The van der Waals surface area contributed by atoms with E-state index in [9.17, 15) is 8.42 Å². The van der Waals surface area contributed by atoms with E-state index in [1.807, 2.05) is 0 Å². The molecule has 1 heterocycles. The van der Waals surface area contributed by atoms with Crippen molar-refractivity contribution in [1.82, 2.24) is 9.21 Å². The molecule has 4 nitrogen and oxygen atoms in total. The highest BCUT2D eigenvalue weighted by Gasteiger charge is 2.40. The van der Waals surface area contributed by atoms with Gasteiger partial charge in [0.25, 0.3) is 0 Å². The van der Waals surface area contributed by atoms with Gasteiger partial charge in [-0.05, 0) is 25.8 Å². The van der Waals surface area contributed by atoms with Crippen LogP contribution in [-0.2, 0) is 10.0 Å². The molecule has 15 heavy (non-hydrogen) atoms. The average Bonchev–Trinajstić information content (AvgIpc) is 3.02. The fourth-order valence-electron chi connectivity index (χ4n) is 2.10. The van der Waals surface area contributed by atoms with Crippen molar-refractivity contribution >= 4 is 10.0 Å². The molecular formula is C10H20N2O2S. The van der Waals surface area contributed by atoms with Crippen molar-refractivity contribution in [2.45, 2.75) is 31.4 Å². The number of hydrogen-bond donors (Lipinski definition) is 0. The molecule has 0 radical (unpaired) electrons. The molecule has 1 aliphatic heterocycles. The van der Waals surface area contributed by atoms with Gasteiger partial charge in [-0.15, -0.1) is 0 Å². The van der Waals surface area contributed by atoms with Gasteiger partial charge in [-0.25, -0.2) is 8.42 Å². The highest BCUT2D eigenvalue weighted by Crippen LogP contribution is 2.31. The number of rotatable bonds is 4. The summed E-state index contributed by atoms with van der Waals surface area (Å²) in [5.41, 5.74) is 0. The summed E-state index contributed by atoms with van der Waals surface area (Å²) in [4.78, 5) is 2.35. The molecule has 0 aromatic carbocycles. The summed E-state index contributed by atoms with van der Waals surface area (Å²) in [6.07, 6.45) is 2.89. The van der Waals surface area contributed by atoms with Crippen LogP contribution in [0.2, 0.25) is 0 Å². The van der Waals surface area contributed by atoms with E-state index in [0.29, 0.717) is 13.1 Å². The topological polar surface area (TPSA) is 40.6 Å². The largest absolute Gasteiger partial charge is 0.301 e. The zero-order chi connectivity index (χ0) is 10.9. The lowest BCUT2D eigenvalue weighted by molar-refractivity contribution is 0.188. The van der Waals surface area contributed by atoms with Crippen molar-refractivity contribution in [1.29, 1.82) is 0 Å². The summed E-state index contributed by atoms with van der Waals surface area (Å²) in [5, 5.41) is -0.0461. The molecule has 2 rings (SSSR count). The van der Waals surface area contributed by atoms with E-state index in [-0.39, 0.29) is 5.25 Å². The Morgan fingerprint density at radius 2 is 1.73 bits per heavy atom. The molecule has 0 N–H and O–H groups in total. The maximum Gasteiger partial charge on any atom is 0.217 e. The molecule has 0 amide bonds. The van der Waals surface area contributed by atoms with Crippen LogP contribution >= 0.6 is 0 Å². The SMILES string of the molecule is CCCN1CCN(S(=O)(=O)C2CC2)CC1. The van der Waals surface area contributed by atoms with Crippen molar-refractivity contribution in [3.05, 3.63) is 0 Å². The Bertz CT molecular complexity index is 303. The van der Waals surface area contributed by atoms with Gasteiger partial charge in [-0.1, -0.05) is 6.92 Å². The highest BCUT2D eigenvalue weighted by atomic mass is 32.2. The monoisotopic (exact) mass is 232 g/mol. The fourth-order valence-corrected chi connectivity index (χ4v) is 3.93. The summed E-state index contributed by atoms with van der Waals surface area (Å²) >= 11 is 0. The molecule has 0 atom stereocenters. The molecule has 2 fully saturated rings. The van der Waals surface area contributed by atoms with Gasteiger partial charge in [-0.3, -0.25) is 0 Å². The molecule has 0 bridgehead atoms. The summed E-state index contributed by atoms with van der Waals surface area (Å²) in [5.74, 6) is 0. The van der Waals surface area contributed by atoms with Crippen LogP contribution in [0.1, 0.15) is 26.2 Å². The van der Waals surface area contributed by atoms with E-state index in [1.165, 1.54) is 0 Å². The second-order valence-corrected chi connectivity index (χ2v) is 6.70. The van der Waals surface area contributed by atoms with Gasteiger partial charge in [0.1, 0.15) is 0 Å². The van der Waals surface area contributed by atoms with E-state index in [1.54, 1.807) is 4.31 Å². The van der Waals surface area contributed by atoms with Crippen LogP contribution in [0.4, 0.5) is 0 Å². The first-order valence-electron chi connectivity index (χ1n) is 5.86. The molecular weight excluding hydrogens is 212 g/mol. The molecule has 2 aliphatic rings. The van der Waals surface area contributed by atoms with Crippen LogP contribution < -0.4 is 0 Å². The molecule has 0 aromatic heterocycles. The van der Waals surface area contributed by atoms with Crippen LogP contribution in [0.15, 0.2) is 0 Å². The van der Waals surface area contributed by atoms with Gasteiger partial charge in [0, 0.05) is 26.2 Å². The minimum atomic E-state index is -2.92. The fraction of sp³-hybridized carbons (Fsp3) is 1.00. The first-order valence-corrected chi connectivity index (χ1v) is 7.36. The molecule has 88 valence electrons. The standard InChI is InChI=1S/C10H20N2O2S/c1-2-5-11-6-8-12(9-7-11)15(13,14)10-3-4-10/h10H,2-9H2,1H3. The maximum absolute atomic E-state index is 11.9. The Morgan fingerprint density at radius 3 is 2.20 bits per heavy atom. The third kappa shape index (κ3) is 2.52. The Morgan fingerprint density at radius 1 is 1.13 bits per heavy atom. The number of hydrogen-bond acceptors (Lipinski definition) is 3.